The van der Waals surface area contributed by atoms with Crippen molar-refractivity contribution in [3.05, 3.63) is 58.9 Å². The first-order valence-electron chi connectivity index (χ1n) is 8.70. The summed E-state index contributed by atoms with van der Waals surface area (Å²) in [6, 6.07) is 6.61. The minimum atomic E-state index is -1.43. The van der Waals surface area contributed by atoms with Gasteiger partial charge < -0.3 is 24.4 Å². The highest BCUT2D eigenvalue weighted by atomic mass is 16.7. The minimum absolute atomic E-state index is 0.120. The zero-order valence-electron chi connectivity index (χ0n) is 16.3. The van der Waals surface area contributed by atoms with E-state index in [9.17, 15) is 19.8 Å². The lowest BCUT2D eigenvalue weighted by atomic mass is 9.94. The Balaban J connectivity index is 2.15. The average molecular weight is 388 g/mol. The van der Waals surface area contributed by atoms with Gasteiger partial charge in [0.05, 0.1) is 5.76 Å². The smallest absolute Gasteiger partial charge is 0.512 e. The Morgan fingerprint density at radius 2 is 1.79 bits per heavy atom. The number of hydrogen-bond donors (Lipinski definition) is 2. The highest BCUT2D eigenvalue weighted by Crippen LogP contribution is 2.29. The van der Waals surface area contributed by atoms with Gasteiger partial charge in [0.25, 0.3) is 0 Å². The lowest BCUT2D eigenvalue weighted by Crippen LogP contribution is -2.25. The van der Waals surface area contributed by atoms with Crippen molar-refractivity contribution in [1.29, 1.82) is 0 Å². The van der Waals surface area contributed by atoms with E-state index in [1.807, 2.05) is 0 Å². The summed E-state index contributed by atoms with van der Waals surface area (Å²) in [6.07, 6.45) is 2.63. The number of carbonyl (C=O) groups is 2. The molecule has 1 aromatic rings. The first-order chi connectivity index (χ1) is 13.0. The first kappa shape index (κ1) is 21.2. The van der Waals surface area contributed by atoms with Crippen LogP contribution in [0.4, 0.5) is 4.79 Å². The van der Waals surface area contributed by atoms with E-state index in [1.165, 1.54) is 19.1 Å². The summed E-state index contributed by atoms with van der Waals surface area (Å²) in [5.74, 6) is -0.177. The molecule has 2 rings (SSSR count). The molecule has 1 aromatic carbocycles. The molecule has 150 valence electrons. The quantitative estimate of drug-likeness (QED) is 0.456. The molecule has 1 atom stereocenters. The molecule has 0 bridgehead atoms. The molecule has 0 aromatic heterocycles. The number of carbonyl (C=O) groups excluding carboxylic acids is 2. The number of allylic oxidation sites excluding steroid dienone is 3. The van der Waals surface area contributed by atoms with E-state index in [-0.39, 0.29) is 12.2 Å². The van der Waals surface area contributed by atoms with Crippen molar-refractivity contribution in [2.75, 3.05) is 0 Å². The number of aliphatic hydroxyl groups is 2. The van der Waals surface area contributed by atoms with Gasteiger partial charge in [0, 0.05) is 18.9 Å². The molecule has 0 saturated carbocycles. The summed E-state index contributed by atoms with van der Waals surface area (Å²) in [5.41, 5.74) is 1.06. The predicted octanol–water partition coefficient (Wildman–Crippen LogP) is 4.04. The van der Waals surface area contributed by atoms with Crippen LogP contribution < -0.4 is 4.74 Å². The van der Waals surface area contributed by atoms with Gasteiger partial charge >= 0.3 is 12.1 Å². The molecule has 0 heterocycles. The SMILES string of the molecule is CC(=O)OC(O)C1=CC=C(O)CC1=Cc1ccc(OC(=O)OC(C)(C)C)cc1. The van der Waals surface area contributed by atoms with E-state index in [1.54, 1.807) is 51.1 Å². The molecule has 2 N–H and O–H groups in total. The molecular formula is C21H24O7. The number of aliphatic hydroxyl groups excluding tert-OH is 2. The number of ether oxygens (including phenoxy) is 3. The standard InChI is InChI=1S/C21H24O7/c1-13(22)26-19(24)18-10-7-16(23)12-15(18)11-14-5-8-17(9-6-14)27-20(25)28-21(2,3)4/h5-11,19,23-24H,12H2,1-4H3. The second-order valence-corrected chi connectivity index (χ2v) is 7.22. The maximum atomic E-state index is 11.7. The van der Waals surface area contributed by atoms with Crippen LogP contribution in [-0.4, -0.2) is 34.2 Å². The lowest BCUT2D eigenvalue weighted by molar-refractivity contribution is -0.159. The molecule has 7 heteroatoms. The first-order valence-corrected chi connectivity index (χ1v) is 8.70. The predicted molar refractivity (Wildman–Crippen MR) is 102 cm³/mol. The zero-order valence-corrected chi connectivity index (χ0v) is 16.3. The maximum Gasteiger partial charge on any atom is 0.514 e. The van der Waals surface area contributed by atoms with Crippen molar-refractivity contribution >= 4 is 18.2 Å². The number of benzene rings is 1. The monoisotopic (exact) mass is 388 g/mol. The van der Waals surface area contributed by atoms with Crippen LogP contribution in [0.5, 0.6) is 5.75 Å². The Morgan fingerprint density at radius 1 is 1.14 bits per heavy atom. The molecule has 0 fully saturated rings. The molecule has 7 nitrogen and oxygen atoms in total. The normalized spacial score (nSPS) is 16.7. The Labute approximate surface area is 163 Å². The molecule has 0 amide bonds. The summed E-state index contributed by atoms with van der Waals surface area (Å²) >= 11 is 0. The molecule has 1 aliphatic carbocycles. The topological polar surface area (TPSA) is 102 Å². The highest BCUT2D eigenvalue weighted by molar-refractivity contribution is 5.68. The summed E-state index contributed by atoms with van der Waals surface area (Å²) in [4.78, 5) is 22.8. The van der Waals surface area contributed by atoms with Gasteiger partial charge in [-0.2, -0.15) is 0 Å². The molecule has 0 radical (unpaired) electrons. The van der Waals surface area contributed by atoms with Crippen molar-refractivity contribution in [3.8, 4) is 5.75 Å². The zero-order chi connectivity index (χ0) is 20.9. The summed E-state index contributed by atoms with van der Waals surface area (Å²) < 4.78 is 15.0. The number of rotatable bonds is 4. The molecule has 28 heavy (non-hydrogen) atoms. The fraction of sp³-hybridized carbons (Fsp3) is 0.333. The van der Waals surface area contributed by atoms with Gasteiger partial charge in [0.1, 0.15) is 11.4 Å². The molecule has 1 unspecified atom stereocenters. The fourth-order valence-electron chi connectivity index (χ4n) is 2.45. The Hall–Kier alpha value is -3.06. The van der Waals surface area contributed by atoms with Crippen LogP contribution in [0, 0.1) is 0 Å². The van der Waals surface area contributed by atoms with Crippen LogP contribution in [0.25, 0.3) is 6.08 Å². The van der Waals surface area contributed by atoms with Crippen molar-refractivity contribution in [2.45, 2.75) is 46.0 Å². The fourth-order valence-corrected chi connectivity index (χ4v) is 2.45. The van der Waals surface area contributed by atoms with Crippen LogP contribution in [0.15, 0.2) is 53.3 Å². The van der Waals surface area contributed by atoms with Crippen LogP contribution in [-0.2, 0) is 14.3 Å². The van der Waals surface area contributed by atoms with Crippen LogP contribution in [0.1, 0.15) is 39.7 Å². The van der Waals surface area contributed by atoms with Crippen molar-refractivity contribution in [1.82, 2.24) is 0 Å². The molecule has 1 aliphatic rings. The van der Waals surface area contributed by atoms with Crippen LogP contribution in [0.3, 0.4) is 0 Å². The molecule has 0 spiro atoms. The Morgan fingerprint density at radius 3 is 2.36 bits per heavy atom. The third-order valence-corrected chi connectivity index (χ3v) is 3.55. The van der Waals surface area contributed by atoms with Gasteiger partial charge in [0.2, 0.25) is 6.29 Å². The van der Waals surface area contributed by atoms with Crippen molar-refractivity contribution in [3.63, 3.8) is 0 Å². The van der Waals surface area contributed by atoms with E-state index in [0.29, 0.717) is 16.9 Å². The summed E-state index contributed by atoms with van der Waals surface area (Å²) in [6.45, 7) is 6.43. The van der Waals surface area contributed by atoms with Crippen molar-refractivity contribution < 1.29 is 34.0 Å². The number of hydrogen-bond acceptors (Lipinski definition) is 7. The third-order valence-electron chi connectivity index (χ3n) is 3.55. The Kier molecular flexibility index (Phi) is 6.64. The summed E-state index contributed by atoms with van der Waals surface area (Å²) in [5, 5.41) is 19.9. The van der Waals surface area contributed by atoms with Gasteiger partial charge in [-0.25, -0.2) is 4.79 Å². The van der Waals surface area contributed by atoms with Crippen LogP contribution >= 0.6 is 0 Å². The average Bonchev–Trinajstić information content (AvgIpc) is 2.54. The van der Waals surface area contributed by atoms with Gasteiger partial charge in [-0.1, -0.05) is 18.2 Å². The lowest BCUT2D eigenvalue weighted by Gasteiger charge is -2.20. The molecular weight excluding hydrogens is 364 g/mol. The largest absolute Gasteiger partial charge is 0.514 e. The molecule has 0 aliphatic heterocycles. The number of esters is 1. The van der Waals surface area contributed by atoms with E-state index in [0.717, 1.165) is 5.56 Å². The molecule has 0 saturated heterocycles. The minimum Gasteiger partial charge on any atom is -0.512 e. The second kappa shape index (κ2) is 8.75. The maximum absolute atomic E-state index is 11.7. The van der Waals surface area contributed by atoms with E-state index in [2.05, 4.69) is 0 Å². The van der Waals surface area contributed by atoms with Gasteiger partial charge in [-0.15, -0.1) is 0 Å². The van der Waals surface area contributed by atoms with Crippen molar-refractivity contribution in [2.24, 2.45) is 0 Å². The van der Waals surface area contributed by atoms with Gasteiger partial charge in [-0.05, 0) is 56.2 Å². The van der Waals surface area contributed by atoms with Crippen LogP contribution in [0.2, 0.25) is 0 Å². The Bertz CT molecular complexity index is 823. The highest BCUT2D eigenvalue weighted by Gasteiger charge is 2.21. The van der Waals surface area contributed by atoms with E-state index >= 15 is 0 Å². The van der Waals surface area contributed by atoms with E-state index in [4.69, 9.17) is 14.2 Å². The van der Waals surface area contributed by atoms with Gasteiger partial charge in [-0.3, -0.25) is 4.79 Å². The van der Waals surface area contributed by atoms with E-state index < -0.39 is 24.0 Å². The second-order valence-electron chi connectivity index (χ2n) is 7.22. The third kappa shape index (κ3) is 6.59. The summed E-state index contributed by atoms with van der Waals surface area (Å²) in [7, 11) is 0. The van der Waals surface area contributed by atoms with Gasteiger partial charge in [0.15, 0.2) is 0 Å².